The maximum Gasteiger partial charge on any atom is -0.0101 e. The van der Waals surface area contributed by atoms with Crippen LogP contribution in [0.3, 0.4) is 0 Å². The summed E-state index contributed by atoms with van der Waals surface area (Å²) in [6.07, 6.45) is 0. The molecule has 50 heavy (non-hydrogen) atoms. The molecule has 0 bridgehead atoms. The molecule has 0 aliphatic carbocycles. The average molecular weight is 693 g/mol. The summed E-state index contributed by atoms with van der Waals surface area (Å²) in [5.41, 5.74) is 26.8. The van der Waals surface area contributed by atoms with Gasteiger partial charge in [0.2, 0.25) is 0 Å². The average Bonchev–Trinajstić information content (AvgIpc) is 2.99. The molecule has 0 heterocycles. The minimum absolute atomic E-state index is 1.28. The molecule has 6 aromatic carbocycles. The number of rotatable bonds is 4. The van der Waals surface area contributed by atoms with E-state index in [0.29, 0.717) is 0 Å². The number of hydrogen-bond donors (Lipinski definition) is 0. The van der Waals surface area contributed by atoms with Gasteiger partial charge in [-0.3, -0.25) is 0 Å². The molecule has 0 radical (unpaired) electrons. The van der Waals surface area contributed by atoms with E-state index in [0.717, 1.165) is 0 Å². The maximum absolute atomic E-state index is 3.00. The van der Waals surface area contributed by atoms with Gasteiger partial charge in [0.25, 0.3) is 0 Å². The molecule has 0 nitrogen and oxygen atoms in total. The van der Waals surface area contributed by atoms with Crippen LogP contribution in [0.25, 0.3) is 44.5 Å². The third kappa shape index (κ3) is 7.59. The Balaban J connectivity index is 0.000000194. The molecule has 2 heteroatoms. The molecule has 0 aliphatic heterocycles. The van der Waals surface area contributed by atoms with Gasteiger partial charge in [0, 0.05) is 0 Å². The molecule has 0 saturated heterocycles. The smallest absolute Gasteiger partial charge is 0.0101 e. The third-order valence-electron chi connectivity index (χ3n) is 10.00. The summed E-state index contributed by atoms with van der Waals surface area (Å²) in [6, 6.07) is 31.6. The van der Waals surface area contributed by atoms with Crippen molar-refractivity contribution in [2.45, 2.75) is 83.1 Å². The van der Waals surface area contributed by atoms with Crippen molar-refractivity contribution in [2.24, 2.45) is 0 Å². The fourth-order valence-electron chi connectivity index (χ4n) is 8.42. The molecule has 0 aliphatic rings. The number of benzene rings is 6. The number of aryl methyl sites for hydroxylation is 12. The summed E-state index contributed by atoms with van der Waals surface area (Å²) in [7, 11) is 6.01. The monoisotopic (exact) mass is 692 g/mol. The molecule has 6 rings (SSSR count). The Hall–Kier alpha value is -3.82. The molecule has 0 spiro atoms. The van der Waals surface area contributed by atoms with Crippen LogP contribution in [0.15, 0.2) is 84.9 Å². The summed E-state index contributed by atoms with van der Waals surface area (Å²) in [5.74, 6) is 0. The molecule has 2 atom stereocenters. The molecule has 0 amide bonds. The van der Waals surface area contributed by atoms with Gasteiger partial charge in [-0.15, -0.1) is 18.5 Å². The van der Waals surface area contributed by atoms with Gasteiger partial charge in [0.15, 0.2) is 0 Å². The van der Waals surface area contributed by atoms with Crippen molar-refractivity contribution in [3.05, 3.63) is 152 Å². The van der Waals surface area contributed by atoms with Crippen molar-refractivity contribution in [1.29, 1.82) is 0 Å². The molecule has 2 unspecified atom stereocenters. The van der Waals surface area contributed by atoms with E-state index in [9.17, 15) is 0 Å². The first kappa shape index (κ1) is 37.4. The molecule has 6 aromatic rings. The lowest BCUT2D eigenvalue weighted by Gasteiger charge is -2.19. The largest absolute Gasteiger partial charge is 0.104 e. The quantitative estimate of drug-likeness (QED) is 0.161. The first-order valence-corrected chi connectivity index (χ1v) is 18.8. The predicted molar refractivity (Wildman–Crippen MR) is 230 cm³/mol. The standard InChI is InChI=1S/2C24H27P/c2*1-14-10-16(3)22(17(4)11-14)20-8-7-9-21(24(20)25)23-18(5)12-15(2)13-19(23)6/h2*7-13H,25H2,1-6H3. The highest BCUT2D eigenvalue weighted by atomic mass is 31.0. The Morgan fingerprint density at radius 3 is 0.600 bits per heavy atom. The summed E-state index contributed by atoms with van der Waals surface area (Å²) in [6.45, 7) is 26.4. The zero-order valence-corrected chi connectivity index (χ0v) is 34.5. The number of hydrogen-bond acceptors (Lipinski definition) is 0. The summed E-state index contributed by atoms with van der Waals surface area (Å²) in [4.78, 5) is 0. The van der Waals surface area contributed by atoms with Crippen molar-refractivity contribution >= 4 is 29.1 Å². The molecular weight excluding hydrogens is 638 g/mol. The molecule has 0 saturated carbocycles. The minimum Gasteiger partial charge on any atom is -0.104 e. The first-order chi connectivity index (χ1) is 23.6. The van der Waals surface area contributed by atoms with E-state index in [1.807, 2.05) is 0 Å². The van der Waals surface area contributed by atoms with Crippen LogP contribution in [0.4, 0.5) is 0 Å². The van der Waals surface area contributed by atoms with E-state index in [-0.39, 0.29) is 0 Å². The van der Waals surface area contributed by atoms with Crippen molar-refractivity contribution in [2.75, 3.05) is 0 Å². The maximum atomic E-state index is 3.00. The van der Waals surface area contributed by atoms with Crippen LogP contribution in [0.5, 0.6) is 0 Å². The Labute approximate surface area is 307 Å². The lowest BCUT2D eigenvalue weighted by Crippen LogP contribution is -2.06. The predicted octanol–water partition coefficient (Wildman–Crippen LogP) is 12.7. The highest BCUT2D eigenvalue weighted by molar-refractivity contribution is 7.28. The lowest BCUT2D eigenvalue weighted by molar-refractivity contribution is 1.31. The van der Waals surface area contributed by atoms with Crippen molar-refractivity contribution in [3.8, 4) is 44.5 Å². The second-order valence-corrected chi connectivity index (χ2v) is 15.8. The summed E-state index contributed by atoms with van der Waals surface area (Å²) >= 11 is 0. The first-order valence-electron chi connectivity index (χ1n) is 17.7. The Morgan fingerprint density at radius 1 is 0.280 bits per heavy atom. The molecule has 0 N–H and O–H groups in total. The van der Waals surface area contributed by atoms with E-state index in [4.69, 9.17) is 0 Å². The fraction of sp³-hybridized carbons (Fsp3) is 0.250. The Kier molecular flexibility index (Phi) is 11.4. The normalized spacial score (nSPS) is 11.0. The van der Waals surface area contributed by atoms with E-state index in [1.54, 1.807) is 0 Å². The van der Waals surface area contributed by atoms with Crippen LogP contribution in [-0.4, -0.2) is 0 Å². The van der Waals surface area contributed by atoms with Crippen LogP contribution in [-0.2, 0) is 0 Å². The van der Waals surface area contributed by atoms with E-state index < -0.39 is 0 Å². The minimum atomic E-state index is 1.28. The van der Waals surface area contributed by atoms with Crippen LogP contribution in [0, 0.1) is 83.1 Å². The molecule has 0 aromatic heterocycles. The van der Waals surface area contributed by atoms with Crippen LogP contribution < -0.4 is 10.6 Å². The summed E-state index contributed by atoms with van der Waals surface area (Å²) < 4.78 is 0. The van der Waals surface area contributed by atoms with Crippen molar-refractivity contribution < 1.29 is 0 Å². The van der Waals surface area contributed by atoms with Crippen LogP contribution in [0.2, 0.25) is 0 Å². The molecule has 0 fully saturated rings. The SMILES string of the molecule is Cc1cc(C)c(-c2cccc(-c3c(C)cc(C)cc3C)c2P)c(C)c1.Cc1cc(C)c(-c2cccc(-c3c(C)cc(C)cc3C)c2P)c(C)c1. The zero-order chi connectivity index (χ0) is 36.6. The van der Waals surface area contributed by atoms with Gasteiger partial charge in [-0.2, -0.15) is 0 Å². The van der Waals surface area contributed by atoms with E-state index in [2.05, 4.69) is 186 Å². The van der Waals surface area contributed by atoms with E-state index in [1.165, 1.54) is 122 Å². The van der Waals surface area contributed by atoms with Crippen molar-refractivity contribution in [3.63, 3.8) is 0 Å². The van der Waals surface area contributed by atoms with Gasteiger partial charge in [0.1, 0.15) is 0 Å². The Bertz CT molecular complexity index is 1840. The van der Waals surface area contributed by atoms with Gasteiger partial charge >= 0.3 is 0 Å². The van der Waals surface area contributed by atoms with Gasteiger partial charge in [-0.1, -0.05) is 107 Å². The lowest BCUT2D eigenvalue weighted by atomic mass is 9.89. The highest BCUT2D eigenvalue weighted by Crippen LogP contribution is 2.36. The third-order valence-corrected chi connectivity index (χ3v) is 11.2. The molecular formula is C48H54P2. The van der Waals surface area contributed by atoms with Crippen LogP contribution in [0.1, 0.15) is 66.8 Å². The van der Waals surface area contributed by atoms with Gasteiger partial charge in [0.05, 0.1) is 0 Å². The van der Waals surface area contributed by atoms with Gasteiger partial charge in [-0.25, -0.2) is 0 Å². The Morgan fingerprint density at radius 2 is 0.440 bits per heavy atom. The molecule has 256 valence electrons. The van der Waals surface area contributed by atoms with E-state index >= 15 is 0 Å². The van der Waals surface area contributed by atoms with Crippen molar-refractivity contribution in [1.82, 2.24) is 0 Å². The second-order valence-electron chi connectivity index (χ2n) is 14.6. The highest BCUT2D eigenvalue weighted by Gasteiger charge is 2.17. The fourth-order valence-corrected chi connectivity index (χ4v) is 9.38. The van der Waals surface area contributed by atoms with Crippen LogP contribution >= 0.6 is 18.5 Å². The topological polar surface area (TPSA) is 0 Å². The zero-order valence-electron chi connectivity index (χ0n) is 32.2. The van der Waals surface area contributed by atoms with Gasteiger partial charge < -0.3 is 0 Å². The summed E-state index contributed by atoms with van der Waals surface area (Å²) in [5, 5.41) is 2.57. The van der Waals surface area contributed by atoms with Gasteiger partial charge in [-0.05, 0) is 183 Å². The second kappa shape index (κ2) is 15.2.